The molecule has 3 heterocycles. The Balaban J connectivity index is 1.46. The van der Waals surface area contributed by atoms with Crippen molar-refractivity contribution in [1.82, 2.24) is 15.3 Å². The Hall–Kier alpha value is -1.86. The van der Waals surface area contributed by atoms with Gasteiger partial charge in [-0.15, -0.1) is 0 Å². The van der Waals surface area contributed by atoms with E-state index in [1.165, 1.54) is 24.6 Å². The molecule has 0 aliphatic carbocycles. The fourth-order valence-electron chi connectivity index (χ4n) is 3.72. The Kier molecular flexibility index (Phi) is 6.32. The molecule has 1 atom stereocenters. The highest BCUT2D eigenvalue weighted by Gasteiger charge is 2.22. The lowest BCUT2D eigenvalue weighted by Crippen LogP contribution is -2.34. The molecule has 0 bridgehead atoms. The van der Waals surface area contributed by atoms with Crippen LogP contribution in [-0.2, 0) is 9.53 Å². The second-order valence-corrected chi connectivity index (χ2v) is 8.70. The zero-order valence-corrected chi connectivity index (χ0v) is 17.2. The molecular formula is C21H28N4O2S. The van der Waals surface area contributed by atoms with Crippen LogP contribution < -0.4 is 10.2 Å². The third-order valence-electron chi connectivity index (χ3n) is 5.50. The molecule has 150 valence electrons. The minimum atomic E-state index is 0.0219. The van der Waals surface area contributed by atoms with Gasteiger partial charge in [0, 0.05) is 26.2 Å². The van der Waals surface area contributed by atoms with Crippen LogP contribution in [0.5, 0.6) is 0 Å². The van der Waals surface area contributed by atoms with E-state index in [1.807, 2.05) is 24.3 Å². The van der Waals surface area contributed by atoms with Gasteiger partial charge in [0.15, 0.2) is 5.82 Å². The van der Waals surface area contributed by atoms with Gasteiger partial charge in [-0.2, -0.15) is 0 Å². The quantitative estimate of drug-likeness (QED) is 0.751. The van der Waals surface area contributed by atoms with Crippen molar-refractivity contribution in [3.05, 3.63) is 24.3 Å². The molecule has 7 heteroatoms. The fraction of sp³-hybridized carbons (Fsp3) is 0.571. The van der Waals surface area contributed by atoms with Crippen LogP contribution >= 0.6 is 11.8 Å². The number of fused-ring (bicyclic) bond motifs is 1. The molecule has 28 heavy (non-hydrogen) atoms. The second kappa shape index (κ2) is 9.09. The van der Waals surface area contributed by atoms with Crippen LogP contribution in [0.15, 0.2) is 29.3 Å². The Morgan fingerprint density at radius 3 is 2.68 bits per heavy atom. The minimum absolute atomic E-state index is 0.0219. The molecule has 1 amide bonds. The zero-order chi connectivity index (χ0) is 19.3. The average molecular weight is 401 g/mol. The lowest BCUT2D eigenvalue weighted by Gasteiger charge is -2.32. The molecule has 0 spiro atoms. The van der Waals surface area contributed by atoms with Gasteiger partial charge >= 0.3 is 0 Å². The Morgan fingerprint density at radius 1 is 1.21 bits per heavy atom. The van der Waals surface area contributed by atoms with Crippen LogP contribution in [0.4, 0.5) is 5.82 Å². The Labute approximate surface area is 170 Å². The van der Waals surface area contributed by atoms with Gasteiger partial charge < -0.3 is 15.0 Å². The molecule has 2 aromatic rings. The van der Waals surface area contributed by atoms with Gasteiger partial charge in [-0.05, 0) is 43.7 Å². The number of anilines is 1. The second-order valence-electron chi connectivity index (χ2n) is 7.74. The van der Waals surface area contributed by atoms with E-state index in [-0.39, 0.29) is 12.0 Å². The monoisotopic (exact) mass is 400 g/mol. The van der Waals surface area contributed by atoms with Crippen LogP contribution in [0.2, 0.25) is 0 Å². The van der Waals surface area contributed by atoms with Crippen molar-refractivity contribution in [3.63, 3.8) is 0 Å². The van der Waals surface area contributed by atoms with E-state index in [2.05, 4.69) is 17.1 Å². The summed E-state index contributed by atoms with van der Waals surface area (Å²) in [5.41, 5.74) is 1.78. The van der Waals surface area contributed by atoms with E-state index in [4.69, 9.17) is 14.7 Å². The van der Waals surface area contributed by atoms with E-state index in [1.54, 1.807) is 0 Å². The molecule has 1 aromatic carbocycles. The number of nitrogens with one attached hydrogen (secondary N) is 1. The summed E-state index contributed by atoms with van der Waals surface area (Å²) in [5, 5.41) is 3.84. The fourth-order valence-corrected chi connectivity index (χ4v) is 4.55. The van der Waals surface area contributed by atoms with Crippen molar-refractivity contribution in [2.45, 2.75) is 43.7 Å². The summed E-state index contributed by atoms with van der Waals surface area (Å²) >= 11 is 1.48. The van der Waals surface area contributed by atoms with Gasteiger partial charge in [-0.1, -0.05) is 30.8 Å². The van der Waals surface area contributed by atoms with Crippen molar-refractivity contribution in [3.8, 4) is 0 Å². The van der Waals surface area contributed by atoms with E-state index in [9.17, 15) is 4.79 Å². The molecule has 6 nitrogen and oxygen atoms in total. The Morgan fingerprint density at radius 2 is 1.96 bits per heavy atom. The number of amides is 1. The van der Waals surface area contributed by atoms with Crippen LogP contribution in [0.3, 0.4) is 0 Å². The summed E-state index contributed by atoms with van der Waals surface area (Å²) in [4.78, 5) is 24.4. The number of ether oxygens (including phenoxy) is 1. The smallest absolute Gasteiger partial charge is 0.230 e. The third kappa shape index (κ3) is 4.75. The van der Waals surface area contributed by atoms with E-state index in [0.29, 0.717) is 12.3 Å². The molecular weight excluding hydrogens is 372 g/mol. The lowest BCUT2D eigenvalue weighted by molar-refractivity contribution is -0.119. The van der Waals surface area contributed by atoms with Gasteiger partial charge in [0.25, 0.3) is 0 Å². The predicted molar refractivity (Wildman–Crippen MR) is 113 cm³/mol. The normalized spacial score (nSPS) is 20.6. The standard InChI is InChI=1S/C21H28N4O2S/c1-15-8-10-25(11-9-15)20-21(24-18-7-3-2-6-17(18)23-20)28-14-19(26)22-13-16-5-4-12-27-16/h2-3,6-7,15-16H,4-5,8-14H2,1H3,(H,22,26)/t16-/m0/s1. The third-order valence-corrected chi connectivity index (χ3v) is 6.45. The first kappa shape index (κ1) is 19.5. The van der Waals surface area contributed by atoms with Crippen LogP contribution in [0.25, 0.3) is 11.0 Å². The summed E-state index contributed by atoms with van der Waals surface area (Å²) in [7, 11) is 0. The Bertz CT molecular complexity index is 817. The zero-order valence-electron chi connectivity index (χ0n) is 16.4. The maximum absolute atomic E-state index is 12.3. The number of carbonyl (C=O) groups excluding carboxylic acids is 1. The first-order valence-corrected chi connectivity index (χ1v) is 11.2. The molecule has 2 aliphatic heterocycles. The van der Waals surface area contributed by atoms with Gasteiger partial charge in [-0.3, -0.25) is 4.79 Å². The molecule has 1 aromatic heterocycles. The summed E-state index contributed by atoms with van der Waals surface area (Å²) in [6, 6.07) is 7.94. The molecule has 0 unspecified atom stereocenters. The molecule has 2 aliphatic rings. The van der Waals surface area contributed by atoms with Gasteiger partial charge in [0.2, 0.25) is 5.91 Å². The average Bonchev–Trinajstić information content (AvgIpc) is 3.24. The molecule has 2 saturated heterocycles. The number of carbonyl (C=O) groups is 1. The van der Waals surface area contributed by atoms with Gasteiger partial charge in [-0.25, -0.2) is 9.97 Å². The van der Waals surface area contributed by atoms with Crippen molar-refractivity contribution in [2.24, 2.45) is 5.92 Å². The number of rotatable bonds is 6. The molecule has 0 radical (unpaired) electrons. The molecule has 4 rings (SSSR count). The van der Waals surface area contributed by atoms with Crippen LogP contribution in [-0.4, -0.2) is 54.0 Å². The SMILES string of the molecule is CC1CCN(c2nc3ccccc3nc2SCC(=O)NC[C@@H]2CCCO2)CC1. The number of thioether (sulfide) groups is 1. The molecule has 2 fully saturated rings. The maximum Gasteiger partial charge on any atom is 0.230 e. The van der Waals surface area contributed by atoms with E-state index >= 15 is 0 Å². The number of benzene rings is 1. The first-order valence-electron chi connectivity index (χ1n) is 10.2. The number of piperidine rings is 1. The summed E-state index contributed by atoms with van der Waals surface area (Å²) in [5.74, 6) is 2.04. The lowest BCUT2D eigenvalue weighted by atomic mass is 9.99. The summed E-state index contributed by atoms with van der Waals surface area (Å²) < 4.78 is 5.57. The van der Waals surface area contributed by atoms with Crippen molar-refractivity contribution >= 4 is 34.5 Å². The summed E-state index contributed by atoms with van der Waals surface area (Å²) in [6.45, 7) is 5.69. The highest BCUT2D eigenvalue weighted by Crippen LogP contribution is 2.31. The highest BCUT2D eigenvalue weighted by molar-refractivity contribution is 8.00. The number of hydrogen-bond acceptors (Lipinski definition) is 6. The van der Waals surface area contributed by atoms with Gasteiger partial charge in [0.05, 0.1) is 22.9 Å². The first-order chi connectivity index (χ1) is 13.7. The number of aromatic nitrogens is 2. The molecule has 0 saturated carbocycles. The van der Waals surface area contributed by atoms with E-state index < -0.39 is 0 Å². The maximum atomic E-state index is 12.3. The van der Waals surface area contributed by atoms with Crippen LogP contribution in [0, 0.1) is 5.92 Å². The van der Waals surface area contributed by atoms with Gasteiger partial charge in [0.1, 0.15) is 5.03 Å². The summed E-state index contributed by atoms with van der Waals surface area (Å²) in [6.07, 6.45) is 4.61. The van der Waals surface area contributed by atoms with Crippen LogP contribution in [0.1, 0.15) is 32.6 Å². The topological polar surface area (TPSA) is 67.4 Å². The molecule has 1 N–H and O–H groups in total. The van der Waals surface area contributed by atoms with E-state index in [0.717, 1.165) is 60.3 Å². The van der Waals surface area contributed by atoms with Crippen molar-refractivity contribution in [1.29, 1.82) is 0 Å². The highest BCUT2D eigenvalue weighted by atomic mass is 32.2. The minimum Gasteiger partial charge on any atom is -0.376 e. The van der Waals surface area contributed by atoms with Crippen molar-refractivity contribution in [2.75, 3.05) is 36.9 Å². The number of para-hydroxylation sites is 2. The predicted octanol–water partition coefficient (Wildman–Crippen LogP) is 3.25. The number of nitrogens with zero attached hydrogens (tertiary/aromatic N) is 3. The number of hydrogen-bond donors (Lipinski definition) is 1. The van der Waals surface area contributed by atoms with Crippen molar-refractivity contribution < 1.29 is 9.53 Å². The largest absolute Gasteiger partial charge is 0.376 e.